The maximum Gasteiger partial charge on any atom is 0.146 e. The van der Waals surface area contributed by atoms with Gasteiger partial charge in [0, 0.05) is 50.9 Å². The van der Waals surface area contributed by atoms with Crippen molar-refractivity contribution in [3.63, 3.8) is 0 Å². The number of hydrogen-bond donors (Lipinski definition) is 0. The molecule has 0 aromatic carbocycles. The maximum absolute atomic E-state index is 0. The summed E-state index contributed by atoms with van der Waals surface area (Å²) < 4.78 is 0. The maximum atomic E-state index is 0. The summed E-state index contributed by atoms with van der Waals surface area (Å²) in [5.74, 6) is 0. The van der Waals surface area contributed by atoms with Gasteiger partial charge in [0.1, 0.15) is 17.4 Å². The zero-order chi connectivity index (χ0) is 0. The van der Waals surface area contributed by atoms with E-state index in [-0.39, 0.29) is 68.3 Å². The van der Waals surface area contributed by atoms with E-state index in [9.17, 15) is 0 Å². The van der Waals surface area contributed by atoms with Gasteiger partial charge >= 0.3 is 0 Å². The van der Waals surface area contributed by atoms with E-state index in [0.29, 0.717) is 0 Å². The van der Waals surface area contributed by atoms with Crippen LogP contribution in [0.25, 0.3) is 0 Å². The molecule has 4 heteroatoms. The van der Waals surface area contributed by atoms with Gasteiger partial charge in [-0.3, -0.25) is 0 Å². The van der Waals surface area contributed by atoms with E-state index in [4.69, 9.17) is 0 Å². The summed E-state index contributed by atoms with van der Waals surface area (Å²) in [6.45, 7) is 0. The largest absolute Gasteiger partial charge is 0.146 e. The van der Waals surface area contributed by atoms with Crippen molar-refractivity contribution in [1.82, 2.24) is 0 Å². The molecule has 0 amide bonds. The van der Waals surface area contributed by atoms with Gasteiger partial charge in [-0.05, 0) is 0 Å². The second-order valence-electron chi connectivity index (χ2n) is 0. The molecule has 4 heavy (non-hydrogen) atoms. The van der Waals surface area contributed by atoms with E-state index < -0.39 is 0 Å². The summed E-state index contributed by atoms with van der Waals surface area (Å²) in [6.07, 6.45) is 0. The molecule has 0 fully saturated rings. The summed E-state index contributed by atoms with van der Waals surface area (Å²) in [7, 11) is 0. The number of rotatable bonds is 0. The molecule has 0 aliphatic carbocycles. The average Bonchev–Trinajstić information content (AvgIpc) is 0. The monoisotopic (exact) mass is 195 g/mol. The first-order valence-electron chi connectivity index (χ1n) is 0. The van der Waals surface area contributed by atoms with Crippen LogP contribution in [0.2, 0.25) is 0 Å². The molecule has 0 saturated heterocycles. The Morgan fingerprint density at radius 1 is 1.00 bits per heavy atom. The van der Waals surface area contributed by atoms with E-state index in [1.54, 1.807) is 0 Å². The van der Waals surface area contributed by atoms with Crippen LogP contribution in [0.5, 0.6) is 0 Å². The summed E-state index contributed by atoms with van der Waals surface area (Å²) in [6, 6.07) is 0. The van der Waals surface area contributed by atoms with Gasteiger partial charge in [0.15, 0.2) is 0 Å². The zero-order valence-corrected chi connectivity index (χ0v) is 7.44. The molecule has 0 atom stereocenters. The Kier molecular flexibility index (Phi) is 177. The van der Waals surface area contributed by atoms with Gasteiger partial charge in [-0.1, -0.05) is 0 Å². The van der Waals surface area contributed by atoms with Crippen LogP contribution in [0.3, 0.4) is 0 Å². The summed E-state index contributed by atoms with van der Waals surface area (Å²) in [4.78, 5) is 0. The fraction of sp³-hybridized carbons (Fsp3) is 0. The van der Waals surface area contributed by atoms with Crippen LogP contribution in [-0.2, 0) is 50.9 Å². The summed E-state index contributed by atoms with van der Waals surface area (Å²) >= 11 is 0. The van der Waals surface area contributed by atoms with E-state index in [1.165, 1.54) is 0 Å². The van der Waals surface area contributed by atoms with Gasteiger partial charge in [0.05, 0.1) is 0 Å². The van der Waals surface area contributed by atoms with Crippen molar-refractivity contribution in [3.8, 4) is 0 Å². The van der Waals surface area contributed by atoms with Crippen molar-refractivity contribution >= 4 is 17.4 Å². The third kappa shape index (κ3) is 8.95. The fourth-order valence-corrected chi connectivity index (χ4v) is 0. The Bertz CT molecular complexity index is 8.00. The summed E-state index contributed by atoms with van der Waals surface area (Å²) in [5.41, 5.74) is 0. The minimum absolute atomic E-state index is 0. The minimum atomic E-state index is 0. The van der Waals surface area contributed by atoms with Crippen molar-refractivity contribution in [2.45, 2.75) is 0 Å². The predicted molar refractivity (Wildman–Crippen MR) is 8.54 cm³/mol. The Labute approximate surface area is 67.8 Å². The molecule has 0 nitrogen and oxygen atoms in total. The SMILES string of the molecule is [AlH2].[Cr].[Fe].[Ni]. The Morgan fingerprint density at radius 3 is 1.00 bits per heavy atom. The van der Waals surface area contributed by atoms with Crippen LogP contribution in [0, 0.1) is 0 Å². The normalized spacial score (nSPS) is 0. The molecule has 0 aliphatic rings. The molecule has 0 heterocycles. The first kappa shape index (κ1) is 36.3. The molecule has 0 spiro atoms. The smallest absolute Gasteiger partial charge is 0 e. The van der Waals surface area contributed by atoms with Crippen LogP contribution >= 0.6 is 0 Å². The van der Waals surface area contributed by atoms with Gasteiger partial charge in [-0.25, -0.2) is 0 Å². The Morgan fingerprint density at radius 2 is 1.00 bits per heavy atom. The van der Waals surface area contributed by atoms with Gasteiger partial charge < -0.3 is 0 Å². The molecule has 29 valence electrons. The van der Waals surface area contributed by atoms with Gasteiger partial charge in [0.2, 0.25) is 0 Å². The van der Waals surface area contributed by atoms with Crippen molar-refractivity contribution < 1.29 is 50.9 Å². The van der Waals surface area contributed by atoms with Gasteiger partial charge in [-0.15, -0.1) is 0 Å². The quantitative estimate of drug-likeness (QED) is 0.439. The molecule has 1 radical (unpaired) electrons. The second-order valence-corrected chi connectivity index (χ2v) is 0. The van der Waals surface area contributed by atoms with Crippen LogP contribution in [0.15, 0.2) is 0 Å². The standard InChI is InChI=1S/Al.Cr.Fe.Ni.2H. The van der Waals surface area contributed by atoms with Crippen LogP contribution in [0.1, 0.15) is 0 Å². The van der Waals surface area contributed by atoms with Gasteiger partial charge in [0.25, 0.3) is 0 Å². The van der Waals surface area contributed by atoms with E-state index in [0.717, 1.165) is 0 Å². The molecule has 0 aliphatic heterocycles. The van der Waals surface area contributed by atoms with Crippen LogP contribution in [0.4, 0.5) is 0 Å². The van der Waals surface area contributed by atoms with Crippen molar-refractivity contribution in [2.24, 2.45) is 0 Å². The van der Waals surface area contributed by atoms with Gasteiger partial charge in [-0.2, -0.15) is 0 Å². The van der Waals surface area contributed by atoms with Crippen molar-refractivity contribution in [3.05, 3.63) is 0 Å². The van der Waals surface area contributed by atoms with Crippen LogP contribution in [-0.4, -0.2) is 17.4 Å². The third-order valence-corrected chi connectivity index (χ3v) is 0. The summed E-state index contributed by atoms with van der Waals surface area (Å²) in [5, 5.41) is 0. The molecule has 0 unspecified atom stereocenters. The molecular weight excluding hydrogens is 194 g/mol. The molecule has 0 bridgehead atoms. The van der Waals surface area contributed by atoms with Crippen LogP contribution < -0.4 is 0 Å². The van der Waals surface area contributed by atoms with Crippen molar-refractivity contribution in [1.29, 1.82) is 0 Å². The molecule has 0 saturated carbocycles. The van der Waals surface area contributed by atoms with E-state index in [2.05, 4.69) is 0 Å². The first-order valence-corrected chi connectivity index (χ1v) is 0. The molecule has 0 aromatic rings. The molecular formula is H2AlCrFeNi. The second kappa shape index (κ2) is 19.6. The molecule has 0 N–H and O–H groups in total. The number of hydrogen-bond acceptors (Lipinski definition) is 0. The Hall–Kier alpha value is 2.08. The third-order valence-electron chi connectivity index (χ3n) is 0. The van der Waals surface area contributed by atoms with E-state index >= 15 is 0 Å². The average molecular weight is 196 g/mol. The first-order chi connectivity index (χ1) is 0. The zero-order valence-electron chi connectivity index (χ0n) is 2.08. The van der Waals surface area contributed by atoms with E-state index in [1.807, 2.05) is 0 Å². The minimum Gasteiger partial charge on any atom is 0 e. The van der Waals surface area contributed by atoms with Crippen molar-refractivity contribution in [2.75, 3.05) is 0 Å². The molecule has 0 aromatic heterocycles. The topological polar surface area (TPSA) is 0 Å². The Balaban J connectivity index is 0. The molecule has 0 rings (SSSR count). The fourth-order valence-electron chi connectivity index (χ4n) is 0. The predicted octanol–water partition coefficient (Wildman–Crippen LogP) is -0.924.